The molecule has 27 heavy (non-hydrogen) atoms. The third-order valence-corrected chi connectivity index (χ3v) is 4.78. The van der Waals surface area contributed by atoms with Crippen LogP contribution in [0, 0.1) is 5.82 Å². The third-order valence-electron chi connectivity index (χ3n) is 4.78. The number of hydrogen-bond acceptors (Lipinski definition) is 3. The van der Waals surface area contributed by atoms with Gasteiger partial charge < -0.3 is 15.3 Å². The maximum atomic E-state index is 13.2. The second kappa shape index (κ2) is 8.77. The minimum atomic E-state index is -1.00. The Balaban J connectivity index is 1.56. The molecule has 3 rings (SSSR count). The molecule has 0 saturated carbocycles. The third kappa shape index (κ3) is 4.92. The monoisotopic (exact) mass is 370 g/mol. The van der Waals surface area contributed by atoms with Crippen molar-refractivity contribution in [3.63, 3.8) is 0 Å². The van der Waals surface area contributed by atoms with Crippen molar-refractivity contribution >= 4 is 11.8 Å². The van der Waals surface area contributed by atoms with Crippen LogP contribution in [0.15, 0.2) is 54.6 Å². The van der Waals surface area contributed by atoms with E-state index in [-0.39, 0.29) is 24.8 Å². The van der Waals surface area contributed by atoms with Crippen LogP contribution in [0.3, 0.4) is 0 Å². The molecule has 142 valence electrons. The molecule has 6 heteroatoms. The van der Waals surface area contributed by atoms with Gasteiger partial charge in [-0.1, -0.05) is 42.5 Å². The molecule has 0 bridgehead atoms. The maximum absolute atomic E-state index is 13.2. The molecule has 1 aliphatic rings. The predicted molar refractivity (Wildman–Crippen MR) is 99.3 cm³/mol. The summed E-state index contributed by atoms with van der Waals surface area (Å²) in [6.07, 6.45) is 0.629. The van der Waals surface area contributed by atoms with Crippen LogP contribution in [0.5, 0.6) is 0 Å². The lowest BCUT2D eigenvalue weighted by atomic mass is 10.1. The highest BCUT2D eigenvalue weighted by Crippen LogP contribution is 2.20. The molecule has 0 aliphatic carbocycles. The molecule has 2 amide bonds. The van der Waals surface area contributed by atoms with Gasteiger partial charge >= 0.3 is 0 Å². The Morgan fingerprint density at radius 3 is 2.70 bits per heavy atom. The molecular weight excluding hydrogens is 347 g/mol. The number of benzene rings is 2. The average Bonchev–Trinajstić information content (AvgIpc) is 3.17. The number of halogens is 1. The van der Waals surface area contributed by atoms with Gasteiger partial charge in [-0.25, -0.2) is 4.39 Å². The van der Waals surface area contributed by atoms with Crippen molar-refractivity contribution in [1.82, 2.24) is 10.2 Å². The Morgan fingerprint density at radius 2 is 1.96 bits per heavy atom. The quantitative estimate of drug-likeness (QED) is 0.819. The van der Waals surface area contributed by atoms with Crippen LogP contribution in [0.4, 0.5) is 4.39 Å². The fourth-order valence-corrected chi connectivity index (χ4v) is 3.36. The number of carbonyl (C=O) groups excluding carboxylic acids is 2. The van der Waals surface area contributed by atoms with Gasteiger partial charge in [0.1, 0.15) is 11.9 Å². The van der Waals surface area contributed by atoms with Gasteiger partial charge in [0.05, 0.1) is 12.5 Å². The lowest BCUT2D eigenvalue weighted by Crippen LogP contribution is -2.47. The van der Waals surface area contributed by atoms with Crippen molar-refractivity contribution < 1.29 is 19.1 Å². The van der Waals surface area contributed by atoms with Gasteiger partial charge in [-0.05, 0) is 36.1 Å². The van der Waals surface area contributed by atoms with E-state index in [0.717, 1.165) is 12.0 Å². The zero-order chi connectivity index (χ0) is 19.2. The standard InChI is InChI=1S/C21H23FN2O3/c22-17-9-4-8-16(13-17)19(25)14-23-21(27)18-10-5-11-24(18)20(26)12-15-6-2-1-3-7-15/h1-4,6-9,13,18-19,25H,5,10-12,14H2,(H,23,27). The summed E-state index contributed by atoms with van der Waals surface area (Å²) in [5.41, 5.74) is 1.31. The van der Waals surface area contributed by atoms with Gasteiger partial charge in [0.25, 0.3) is 0 Å². The molecule has 0 aromatic heterocycles. The van der Waals surface area contributed by atoms with Crippen LogP contribution in [0.1, 0.15) is 30.1 Å². The highest BCUT2D eigenvalue weighted by atomic mass is 19.1. The van der Waals surface area contributed by atoms with E-state index < -0.39 is 18.0 Å². The lowest BCUT2D eigenvalue weighted by molar-refractivity contribution is -0.138. The smallest absolute Gasteiger partial charge is 0.242 e. The summed E-state index contributed by atoms with van der Waals surface area (Å²) in [6, 6.07) is 14.5. The minimum absolute atomic E-state index is 0.0283. The topological polar surface area (TPSA) is 69.6 Å². The summed E-state index contributed by atoms with van der Waals surface area (Å²) in [6.45, 7) is 0.524. The second-order valence-electron chi connectivity index (χ2n) is 6.72. The molecule has 1 saturated heterocycles. The summed E-state index contributed by atoms with van der Waals surface area (Å²) in [7, 11) is 0. The molecule has 2 unspecified atom stereocenters. The predicted octanol–water partition coefficient (Wildman–Crippen LogP) is 2.21. The van der Waals surface area contributed by atoms with Crippen LogP contribution in [0.25, 0.3) is 0 Å². The SMILES string of the molecule is O=C(NCC(O)c1cccc(F)c1)C1CCCN1C(=O)Cc1ccccc1. The summed E-state index contributed by atoms with van der Waals surface area (Å²) in [5.74, 6) is -0.805. The van der Waals surface area contributed by atoms with Crippen molar-refractivity contribution in [2.24, 2.45) is 0 Å². The number of nitrogens with zero attached hydrogens (tertiary/aromatic N) is 1. The van der Waals surface area contributed by atoms with E-state index >= 15 is 0 Å². The van der Waals surface area contributed by atoms with Gasteiger partial charge in [0.2, 0.25) is 11.8 Å². The van der Waals surface area contributed by atoms with E-state index in [1.807, 2.05) is 30.3 Å². The van der Waals surface area contributed by atoms with Crippen molar-refractivity contribution in [1.29, 1.82) is 0 Å². The molecule has 2 aromatic rings. The first kappa shape index (κ1) is 19.0. The maximum Gasteiger partial charge on any atom is 0.242 e. The van der Waals surface area contributed by atoms with Crippen molar-refractivity contribution in [2.45, 2.75) is 31.4 Å². The van der Waals surface area contributed by atoms with E-state index in [1.165, 1.54) is 18.2 Å². The molecular formula is C21H23FN2O3. The Labute approximate surface area is 157 Å². The number of aliphatic hydroxyl groups excluding tert-OH is 1. The Morgan fingerprint density at radius 1 is 1.19 bits per heavy atom. The highest BCUT2D eigenvalue weighted by Gasteiger charge is 2.33. The Bertz CT molecular complexity index is 797. The second-order valence-corrected chi connectivity index (χ2v) is 6.72. The summed E-state index contributed by atoms with van der Waals surface area (Å²) in [5, 5.41) is 12.8. The first-order valence-electron chi connectivity index (χ1n) is 9.09. The largest absolute Gasteiger partial charge is 0.387 e. The van der Waals surface area contributed by atoms with E-state index in [1.54, 1.807) is 11.0 Å². The van der Waals surface area contributed by atoms with Gasteiger partial charge in [-0.3, -0.25) is 9.59 Å². The number of rotatable bonds is 6. The van der Waals surface area contributed by atoms with Crippen LogP contribution >= 0.6 is 0 Å². The van der Waals surface area contributed by atoms with Crippen molar-refractivity contribution in [2.75, 3.05) is 13.1 Å². The normalized spacial score (nSPS) is 17.6. The van der Waals surface area contributed by atoms with Gasteiger partial charge in [-0.2, -0.15) is 0 Å². The zero-order valence-corrected chi connectivity index (χ0v) is 15.0. The number of likely N-dealkylation sites (tertiary alicyclic amines) is 1. The van der Waals surface area contributed by atoms with Crippen molar-refractivity contribution in [3.05, 3.63) is 71.5 Å². The van der Waals surface area contributed by atoms with Gasteiger partial charge in [-0.15, -0.1) is 0 Å². The molecule has 2 N–H and O–H groups in total. The molecule has 2 aromatic carbocycles. The molecule has 2 atom stereocenters. The van der Waals surface area contributed by atoms with Crippen LogP contribution < -0.4 is 5.32 Å². The van der Waals surface area contributed by atoms with E-state index in [9.17, 15) is 19.1 Å². The number of amides is 2. The Hall–Kier alpha value is -2.73. The van der Waals surface area contributed by atoms with Gasteiger partial charge in [0.15, 0.2) is 0 Å². The molecule has 1 heterocycles. The van der Waals surface area contributed by atoms with Gasteiger partial charge in [0, 0.05) is 13.1 Å². The molecule has 5 nitrogen and oxygen atoms in total. The van der Waals surface area contributed by atoms with E-state index in [0.29, 0.717) is 18.5 Å². The van der Waals surface area contributed by atoms with E-state index in [2.05, 4.69) is 5.32 Å². The highest BCUT2D eigenvalue weighted by molar-refractivity contribution is 5.89. The van der Waals surface area contributed by atoms with Crippen LogP contribution in [-0.4, -0.2) is 41.0 Å². The molecule has 0 spiro atoms. The number of aliphatic hydroxyl groups is 1. The van der Waals surface area contributed by atoms with E-state index in [4.69, 9.17) is 0 Å². The van der Waals surface area contributed by atoms with Crippen LogP contribution in [-0.2, 0) is 16.0 Å². The molecule has 1 fully saturated rings. The minimum Gasteiger partial charge on any atom is -0.387 e. The fourth-order valence-electron chi connectivity index (χ4n) is 3.36. The summed E-state index contributed by atoms with van der Waals surface area (Å²) < 4.78 is 13.2. The van der Waals surface area contributed by atoms with Crippen molar-refractivity contribution in [3.8, 4) is 0 Å². The zero-order valence-electron chi connectivity index (χ0n) is 15.0. The molecule has 0 radical (unpaired) electrons. The first-order valence-corrected chi connectivity index (χ1v) is 9.09. The van der Waals surface area contributed by atoms with Crippen LogP contribution in [0.2, 0.25) is 0 Å². The number of carbonyl (C=O) groups is 2. The fraction of sp³-hybridized carbons (Fsp3) is 0.333. The summed E-state index contributed by atoms with van der Waals surface area (Å²) in [4.78, 5) is 26.7. The summed E-state index contributed by atoms with van der Waals surface area (Å²) >= 11 is 0. The number of nitrogens with one attached hydrogen (secondary N) is 1. The first-order chi connectivity index (χ1) is 13.0. The molecule has 1 aliphatic heterocycles. The average molecular weight is 370 g/mol. The number of hydrogen-bond donors (Lipinski definition) is 2. The lowest BCUT2D eigenvalue weighted by Gasteiger charge is -2.24. The Kier molecular flexibility index (Phi) is 6.19.